The number of hydrogen-bond acceptors (Lipinski definition) is 1. The molecule has 2 aromatic carbocycles. The van der Waals surface area contributed by atoms with E-state index in [1.165, 1.54) is 5.56 Å². The van der Waals surface area contributed by atoms with Gasteiger partial charge in [0, 0.05) is 0 Å². The van der Waals surface area contributed by atoms with Crippen LogP contribution in [0, 0.1) is 11.3 Å². The Morgan fingerprint density at radius 2 is 1.31 bits per heavy atom. The fraction of sp³-hybridized carbons (Fsp3) is 0. The fourth-order valence-corrected chi connectivity index (χ4v) is 1.43. The molecule has 1 nitrogen and oxygen atoms in total. The predicted octanol–water partition coefficient (Wildman–Crippen LogP) is 3.73. The first-order valence-corrected chi connectivity index (χ1v) is 5.12. The van der Waals surface area contributed by atoms with Crippen molar-refractivity contribution in [3.63, 3.8) is 0 Å². The fourth-order valence-electron chi connectivity index (χ4n) is 1.43. The van der Waals surface area contributed by atoms with Crippen LogP contribution in [-0.2, 0) is 0 Å². The Labute approximate surface area is 95.3 Å². The molecule has 0 fully saturated rings. The lowest BCUT2D eigenvalue weighted by atomic mass is 10.1. The normalized spacial score (nSPS) is 10.2. The first-order valence-electron chi connectivity index (χ1n) is 5.12. The summed E-state index contributed by atoms with van der Waals surface area (Å²) < 4.78 is 0. The van der Waals surface area contributed by atoms with E-state index < -0.39 is 0 Å². The highest BCUT2D eigenvalue weighted by molar-refractivity contribution is 5.69. The Kier molecular flexibility index (Phi) is 3.15. The zero-order valence-electron chi connectivity index (χ0n) is 8.80. The Morgan fingerprint density at radius 3 is 1.88 bits per heavy atom. The summed E-state index contributed by atoms with van der Waals surface area (Å²) in [5.74, 6) is 0. The summed E-state index contributed by atoms with van der Waals surface area (Å²) in [4.78, 5) is 0. The topological polar surface area (TPSA) is 23.8 Å². The second kappa shape index (κ2) is 4.95. The van der Waals surface area contributed by atoms with Crippen molar-refractivity contribution in [3.05, 3.63) is 71.3 Å². The average Bonchev–Trinajstić information content (AvgIpc) is 2.38. The van der Waals surface area contributed by atoms with Gasteiger partial charge in [-0.15, -0.1) is 0 Å². The van der Waals surface area contributed by atoms with Gasteiger partial charge in [-0.05, 0) is 23.3 Å². The molecule has 0 radical (unpaired) electrons. The Balaban J connectivity index is 2.15. The van der Waals surface area contributed by atoms with Crippen LogP contribution in [-0.4, -0.2) is 0 Å². The third-order valence-corrected chi connectivity index (χ3v) is 2.31. The smallest absolute Gasteiger partial charge is 0.0991 e. The lowest BCUT2D eigenvalue weighted by Gasteiger charge is -1.94. The van der Waals surface area contributed by atoms with Crippen LogP contribution in [0.5, 0.6) is 0 Å². The van der Waals surface area contributed by atoms with Crippen molar-refractivity contribution in [2.24, 2.45) is 0 Å². The molecular formula is C15H11N. The highest BCUT2D eigenvalue weighted by Gasteiger charge is 1.89. The molecule has 0 spiro atoms. The first-order chi connectivity index (χ1) is 7.88. The van der Waals surface area contributed by atoms with Crippen LogP contribution in [0.15, 0.2) is 54.6 Å². The van der Waals surface area contributed by atoms with Gasteiger partial charge in [-0.1, -0.05) is 54.6 Å². The molecule has 2 rings (SSSR count). The predicted molar refractivity (Wildman–Crippen MR) is 66.5 cm³/mol. The van der Waals surface area contributed by atoms with Gasteiger partial charge in [0.1, 0.15) is 0 Å². The highest BCUT2D eigenvalue weighted by Crippen LogP contribution is 2.09. The number of benzene rings is 2. The van der Waals surface area contributed by atoms with E-state index in [-0.39, 0.29) is 0 Å². The summed E-state index contributed by atoms with van der Waals surface area (Å²) in [6, 6.07) is 19.8. The minimum atomic E-state index is 0.692. The molecule has 0 amide bonds. The Morgan fingerprint density at radius 1 is 0.750 bits per heavy atom. The van der Waals surface area contributed by atoms with Crippen LogP contribution < -0.4 is 0 Å². The molecular weight excluding hydrogens is 194 g/mol. The number of nitriles is 1. The summed E-state index contributed by atoms with van der Waals surface area (Å²) in [7, 11) is 0. The van der Waals surface area contributed by atoms with Crippen molar-refractivity contribution in [2.75, 3.05) is 0 Å². The molecule has 0 saturated heterocycles. The van der Waals surface area contributed by atoms with E-state index in [1.807, 2.05) is 48.5 Å². The molecule has 0 aliphatic heterocycles. The second-order valence-corrected chi connectivity index (χ2v) is 3.48. The van der Waals surface area contributed by atoms with E-state index >= 15 is 0 Å². The maximum absolute atomic E-state index is 8.67. The minimum absolute atomic E-state index is 0.692. The van der Waals surface area contributed by atoms with Crippen LogP contribution >= 0.6 is 0 Å². The first kappa shape index (κ1) is 10.2. The summed E-state index contributed by atoms with van der Waals surface area (Å²) in [6.07, 6.45) is 4.10. The molecule has 0 heterocycles. The standard InChI is InChI=1S/C15H11N/c16-12-15-10-8-14(9-11-15)7-6-13-4-2-1-3-5-13/h1-11H. The van der Waals surface area contributed by atoms with E-state index in [9.17, 15) is 0 Å². The molecule has 1 heteroatoms. The van der Waals surface area contributed by atoms with Gasteiger partial charge in [0.15, 0.2) is 0 Å². The number of rotatable bonds is 2. The molecule has 2 aromatic rings. The van der Waals surface area contributed by atoms with Gasteiger partial charge in [0.05, 0.1) is 11.6 Å². The number of nitrogens with zero attached hydrogens (tertiary/aromatic N) is 1. The molecule has 0 aromatic heterocycles. The van der Waals surface area contributed by atoms with Gasteiger partial charge >= 0.3 is 0 Å². The molecule has 0 aliphatic carbocycles. The zero-order chi connectivity index (χ0) is 11.2. The van der Waals surface area contributed by atoms with E-state index in [0.29, 0.717) is 5.56 Å². The van der Waals surface area contributed by atoms with Crippen LogP contribution in [0.3, 0.4) is 0 Å². The van der Waals surface area contributed by atoms with Crippen LogP contribution in [0.2, 0.25) is 0 Å². The Bertz CT molecular complexity index is 516. The second-order valence-electron chi connectivity index (χ2n) is 3.48. The van der Waals surface area contributed by atoms with Crippen molar-refractivity contribution >= 4 is 12.2 Å². The maximum Gasteiger partial charge on any atom is 0.0991 e. The highest BCUT2D eigenvalue weighted by atomic mass is 14.2. The summed E-state index contributed by atoms with van der Waals surface area (Å²) in [6.45, 7) is 0. The largest absolute Gasteiger partial charge is 0.192 e. The van der Waals surface area contributed by atoms with Gasteiger partial charge in [0.25, 0.3) is 0 Å². The molecule has 0 N–H and O–H groups in total. The third-order valence-electron chi connectivity index (χ3n) is 2.31. The lowest BCUT2D eigenvalue weighted by Crippen LogP contribution is -1.75. The molecule has 0 bridgehead atoms. The summed E-state index contributed by atoms with van der Waals surface area (Å²) in [5.41, 5.74) is 2.96. The van der Waals surface area contributed by atoms with Crippen LogP contribution in [0.4, 0.5) is 0 Å². The van der Waals surface area contributed by atoms with Crippen LogP contribution in [0.1, 0.15) is 16.7 Å². The molecule has 0 unspecified atom stereocenters. The lowest BCUT2D eigenvalue weighted by molar-refractivity contribution is 1.48. The average molecular weight is 205 g/mol. The van der Waals surface area contributed by atoms with Gasteiger partial charge in [-0.2, -0.15) is 5.26 Å². The van der Waals surface area contributed by atoms with E-state index in [2.05, 4.69) is 24.3 Å². The van der Waals surface area contributed by atoms with Crippen molar-refractivity contribution in [3.8, 4) is 6.07 Å². The van der Waals surface area contributed by atoms with Crippen molar-refractivity contribution in [1.82, 2.24) is 0 Å². The van der Waals surface area contributed by atoms with Gasteiger partial charge in [0.2, 0.25) is 0 Å². The summed E-state index contributed by atoms with van der Waals surface area (Å²) in [5, 5.41) is 8.67. The minimum Gasteiger partial charge on any atom is -0.192 e. The zero-order valence-corrected chi connectivity index (χ0v) is 8.80. The van der Waals surface area contributed by atoms with Gasteiger partial charge in [-0.25, -0.2) is 0 Å². The van der Waals surface area contributed by atoms with Crippen LogP contribution in [0.25, 0.3) is 12.2 Å². The SMILES string of the molecule is N#Cc1ccc(C=Cc2ccccc2)cc1. The number of hydrogen-bond donors (Lipinski definition) is 0. The summed E-state index contributed by atoms with van der Waals surface area (Å²) >= 11 is 0. The molecule has 16 heavy (non-hydrogen) atoms. The molecule has 76 valence electrons. The van der Waals surface area contributed by atoms with Gasteiger partial charge in [-0.3, -0.25) is 0 Å². The molecule has 0 saturated carbocycles. The van der Waals surface area contributed by atoms with E-state index in [0.717, 1.165) is 5.56 Å². The van der Waals surface area contributed by atoms with E-state index in [4.69, 9.17) is 5.26 Å². The molecule has 0 aliphatic rings. The van der Waals surface area contributed by atoms with Gasteiger partial charge < -0.3 is 0 Å². The quantitative estimate of drug-likeness (QED) is 0.685. The van der Waals surface area contributed by atoms with Crippen molar-refractivity contribution < 1.29 is 0 Å². The third kappa shape index (κ3) is 2.59. The van der Waals surface area contributed by atoms with E-state index in [1.54, 1.807) is 0 Å². The Hall–Kier alpha value is -2.33. The molecule has 0 atom stereocenters. The van der Waals surface area contributed by atoms with Crippen molar-refractivity contribution in [2.45, 2.75) is 0 Å². The monoisotopic (exact) mass is 205 g/mol. The maximum atomic E-state index is 8.67. The van der Waals surface area contributed by atoms with Crippen molar-refractivity contribution in [1.29, 1.82) is 5.26 Å².